The highest BCUT2D eigenvalue weighted by molar-refractivity contribution is 7.99. The van der Waals surface area contributed by atoms with Crippen LogP contribution in [-0.4, -0.2) is 32.9 Å². The van der Waals surface area contributed by atoms with Gasteiger partial charge in [0.05, 0.1) is 18.0 Å². The first-order chi connectivity index (χ1) is 13.6. The molecule has 0 saturated carbocycles. The molecule has 6 nitrogen and oxygen atoms in total. The highest BCUT2D eigenvalue weighted by atomic mass is 32.2. The number of rotatable bonds is 5. The number of aromatic amines is 1. The molecule has 142 valence electrons. The van der Waals surface area contributed by atoms with Crippen molar-refractivity contribution in [3.05, 3.63) is 64.4 Å². The van der Waals surface area contributed by atoms with E-state index in [1.54, 1.807) is 11.5 Å². The predicted octanol–water partition coefficient (Wildman–Crippen LogP) is 3.83. The van der Waals surface area contributed by atoms with Crippen molar-refractivity contribution in [3.63, 3.8) is 0 Å². The molecule has 2 aromatic carbocycles. The molecule has 0 amide bonds. The van der Waals surface area contributed by atoms with Crippen molar-refractivity contribution in [2.24, 2.45) is 0 Å². The first-order valence-corrected chi connectivity index (χ1v) is 9.96. The van der Waals surface area contributed by atoms with E-state index in [-0.39, 0.29) is 17.3 Å². The number of aryl methyl sites for hydroxylation is 1. The van der Waals surface area contributed by atoms with Crippen molar-refractivity contribution < 1.29 is 9.53 Å². The average Bonchev–Trinajstić information content (AvgIpc) is 3.07. The Kier molecular flexibility index (Phi) is 4.92. The van der Waals surface area contributed by atoms with Gasteiger partial charge >= 0.3 is 5.97 Å². The van der Waals surface area contributed by atoms with Crippen molar-refractivity contribution >= 4 is 39.7 Å². The lowest BCUT2D eigenvalue weighted by Crippen LogP contribution is -2.22. The summed E-state index contributed by atoms with van der Waals surface area (Å²) in [6.07, 6.45) is 0. The number of H-pyrrole nitrogens is 1. The lowest BCUT2D eigenvalue weighted by Gasteiger charge is -2.12. The molecule has 0 fully saturated rings. The van der Waals surface area contributed by atoms with Crippen molar-refractivity contribution in [3.8, 4) is 5.69 Å². The Labute approximate surface area is 165 Å². The second kappa shape index (κ2) is 7.52. The van der Waals surface area contributed by atoms with E-state index in [0.29, 0.717) is 28.5 Å². The number of hydrogen-bond donors (Lipinski definition) is 1. The maximum atomic E-state index is 13.3. The number of nitrogens with zero attached hydrogens (tertiary/aromatic N) is 2. The highest BCUT2D eigenvalue weighted by Crippen LogP contribution is 2.26. The number of thioether (sulfide) groups is 1. The average molecular weight is 393 g/mol. The van der Waals surface area contributed by atoms with Crippen molar-refractivity contribution in [2.45, 2.75) is 19.0 Å². The summed E-state index contributed by atoms with van der Waals surface area (Å²) in [4.78, 5) is 33.1. The first kappa shape index (κ1) is 18.3. The third kappa shape index (κ3) is 3.29. The predicted molar refractivity (Wildman–Crippen MR) is 111 cm³/mol. The molecule has 0 saturated heterocycles. The zero-order chi connectivity index (χ0) is 19.7. The molecule has 0 aliphatic carbocycles. The molecule has 0 aliphatic rings. The lowest BCUT2D eigenvalue weighted by atomic mass is 10.2. The number of hydrogen-bond acceptors (Lipinski definition) is 5. The SMILES string of the molecule is CCOC(=O)CSc1nc2c([nH]c3ccccc32)c(=O)n1-c1ccc(C)cc1. The van der Waals surface area contributed by atoms with Gasteiger partial charge in [0.1, 0.15) is 11.0 Å². The van der Waals surface area contributed by atoms with Crippen LogP contribution in [0.2, 0.25) is 0 Å². The van der Waals surface area contributed by atoms with Gasteiger partial charge in [-0.25, -0.2) is 4.98 Å². The van der Waals surface area contributed by atoms with Gasteiger partial charge < -0.3 is 9.72 Å². The molecule has 0 atom stereocenters. The minimum Gasteiger partial charge on any atom is -0.465 e. The molecule has 4 rings (SSSR count). The minimum atomic E-state index is -0.337. The monoisotopic (exact) mass is 393 g/mol. The van der Waals surface area contributed by atoms with Crippen LogP contribution < -0.4 is 5.56 Å². The number of benzene rings is 2. The van der Waals surface area contributed by atoms with Crippen LogP contribution in [0.4, 0.5) is 0 Å². The molecule has 0 bridgehead atoms. The molecule has 4 aromatic rings. The Balaban J connectivity index is 1.93. The van der Waals surface area contributed by atoms with Gasteiger partial charge in [-0.1, -0.05) is 47.7 Å². The Morgan fingerprint density at radius 1 is 1.18 bits per heavy atom. The zero-order valence-corrected chi connectivity index (χ0v) is 16.4. The minimum absolute atomic E-state index is 0.0833. The standard InChI is InChI=1S/C21H19N3O3S/c1-3-27-17(25)12-28-21-23-18-15-6-4-5-7-16(15)22-19(18)20(26)24(21)14-10-8-13(2)9-11-14/h4-11,22H,3,12H2,1-2H3. The van der Waals surface area contributed by atoms with E-state index in [0.717, 1.165) is 16.5 Å². The van der Waals surface area contributed by atoms with Gasteiger partial charge in [0.2, 0.25) is 0 Å². The van der Waals surface area contributed by atoms with E-state index in [1.807, 2.05) is 55.5 Å². The van der Waals surface area contributed by atoms with Gasteiger partial charge in [0.25, 0.3) is 5.56 Å². The van der Waals surface area contributed by atoms with E-state index in [9.17, 15) is 9.59 Å². The number of aromatic nitrogens is 3. The van der Waals surface area contributed by atoms with Gasteiger partial charge in [-0.3, -0.25) is 14.2 Å². The summed E-state index contributed by atoms with van der Waals surface area (Å²) < 4.78 is 6.56. The number of fused-ring (bicyclic) bond motifs is 3. The second-order valence-electron chi connectivity index (χ2n) is 6.36. The van der Waals surface area contributed by atoms with Crippen LogP contribution in [0.3, 0.4) is 0 Å². The number of nitrogens with one attached hydrogen (secondary N) is 1. The van der Waals surface area contributed by atoms with Gasteiger partial charge in [0, 0.05) is 10.9 Å². The Morgan fingerprint density at radius 2 is 1.93 bits per heavy atom. The largest absolute Gasteiger partial charge is 0.465 e. The molecule has 7 heteroatoms. The number of carbonyl (C=O) groups is 1. The van der Waals surface area contributed by atoms with Crippen molar-refractivity contribution in [2.75, 3.05) is 12.4 Å². The van der Waals surface area contributed by atoms with E-state index in [2.05, 4.69) is 4.98 Å². The van der Waals surface area contributed by atoms with Crippen molar-refractivity contribution in [1.82, 2.24) is 14.5 Å². The normalized spacial score (nSPS) is 11.2. The van der Waals surface area contributed by atoms with Gasteiger partial charge in [-0.2, -0.15) is 0 Å². The summed E-state index contributed by atoms with van der Waals surface area (Å²) >= 11 is 1.20. The van der Waals surface area contributed by atoms with Crippen LogP contribution in [0.25, 0.3) is 27.6 Å². The van der Waals surface area contributed by atoms with Crippen LogP contribution in [0, 0.1) is 6.92 Å². The summed E-state index contributed by atoms with van der Waals surface area (Å²) in [6, 6.07) is 15.3. The Bertz CT molecular complexity index is 1230. The van der Waals surface area contributed by atoms with Crippen LogP contribution in [-0.2, 0) is 9.53 Å². The molecule has 0 spiro atoms. The Hall–Kier alpha value is -3.06. The number of carbonyl (C=O) groups excluding carboxylic acids is 1. The van der Waals surface area contributed by atoms with E-state index in [4.69, 9.17) is 9.72 Å². The Morgan fingerprint density at radius 3 is 2.68 bits per heavy atom. The molecule has 0 unspecified atom stereocenters. The summed E-state index contributed by atoms with van der Waals surface area (Å²) in [7, 11) is 0. The molecule has 0 radical (unpaired) electrons. The molecule has 2 aromatic heterocycles. The summed E-state index contributed by atoms with van der Waals surface area (Å²) in [6.45, 7) is 4.07. The third-order valence-corrected chi connectivity index (χ3v) is 5.32. The number of ether oxygens (including phenoxy) is 1. The topological polar surface area (TPSA) is 77.0 Å². The molecular formula is C21H19N3O3S. The van der Waals surface area contributed by atoms with E-state index >= 15 is 0 Å². The van der Waals surface area contributed by atoms with Crippen LogP contribution in [0.15, 0.2) is 58.5 Å². The quantitative estimate of drug-likeness (QED) is 0.317. The van der Waals surface area contributed by atoms with E-state index in [1.165, 1.54) is 11.8 Å². The van der Waals surface area contributed by atoms with Crippen LogP contribution in [0.5, 0.6) is 0 Å². The maximum Gasteiger partial charge on any atom is 0.316 e. The van der Waals surface area contributed by atoms with Crippen LogP contribution >= 0.6 is 11.8 Å². The molecule has 0 aliphatic heterocycles. The highest BCUT2D eigenvalue weighted by Gasteiger charge is 2.18. The van der Waals surface area contributed by atoms with Crippen LogP contribution in [0.1, 0.15) is 12.5 Å². The summed E-state index contributed by atoms with van der Waals surface area (Å²) in [5.41, 5.74) is 3.51. The van der Waals surface area contributed by atoms with Gasteiger partial charge in [-0.15, -0.1) is 0 Å². The smallest absolute Gasteiger partial charge is 0.316 e. The third-order valence-electron chi connectivity index (χ3n) is 4.41. The van der Waals surface area contributed by atoms with Crippen molar-refractivity contribution in [1.29, 1.82) is 0 Å². The van der Waals surface area contributed by atoms with Gasteiger partial charge in [0.15, 0.2) is 5.16 Å². The lowest BCUT2D eigenvalue weighted by molar-refractivity contribution is -0.139. The fourth-order valence-electron chi connectivity index (χ4n) is 3.09. The number of esters is 1. The van der Waals surface area contributed by atoms with E-state index < -0.39 is 0 Å². The molecule has 2 heterocycles. The second-order valence-corrected chi connectivity index (χ2v) is 7.30. The number of para-hydroxylation sites is 1. The summed E-state index contributed by atoms with van der Waals surface area (Å²) in [5.74, 6) is -0.253. The molecule has 28 heavy (non-hydrogen) atoms. The maximum absolute atomic E-state index is 13.3. The fourth-order valence-corrected chi connectivity index (χ4v) is 3.89. The van der Waals surface area contributed by atoms with Gasteiger partial charge in [-0.05, 0) is 32.0 Å². The molecule has 1 N–H and O–H groups in total. The molecular weight excluding hydrogens is 374 g/mol. The summed E-state index contributed by atoms with van der Waals surface area (Å²) in [5, 5.41) is 1.34. The zero-order valence-electron chi connectivity index (χ0n) is 15.6. The first-order valence-electron chi connectivity index (χ1n) is 8.97. The fraction of sp³-hybridized carbons (Fsp3) is 0.190.